The lowest BCUT2D eigenvalue weighted by molar-refractivity contribution is -0.393. The number of benzene rings is 2. The summed E-state index contributed by atoms with van der Waals surface area (Å²) < 4.78 is 0. The monoisotopic (exact) mass is 534 g/mol. The summed E-state index contributed by atoms with van der Waals surface area (Å²) in [5.74, 6) is 2.16. The van der Waals surface area contributed by atoms with Crippen molar-refractivity contribution in [3.05, 3.63) is 76.9 Å². The smallest absolute Gasteiger partial charge is 0.272 e. The van der Waals surface area contributed by atoms with Crippen LogP contribution < -0.4 is 10.9 Å². The molecule has 0 saturated heterocycles. The van der Waals surface area contributed by atoms with Gasteiger partial charge < -0.3 is 0 Å². The largest absolute Gasteiger partial charge is 0.301 e. The lowest BCUT2D eigenvalue weighted by Gasteiger charge is -2.44. The van der Waals surface area contributed by atoms with Gasteiger partial charge in [0.2, 0.25) is 0 Å². The molecule has 0 aromatic heterocycles. The second-order valence-corrected chi connectivity index (χ2v) is 10.5. The van der Waals surface area contributed by atoms with Crippen molar-refractivity contribution in [3.63, 3.8) is 0 Å². The van der Waals surface area contributed by atoms with Crippen LogP contribution in [-0.4, -0.2) is 31.1 Å². The molecule has 16 heteroatoms. The molecule has 0 unspecified atom stereocenters. The fourth-order valence-electron chi connectivity index (χ4n) is 8.17. The summed E-state index contributed by atoms with van der Waals surface area (Å²) in [6.07, 6.45) is 1.03. The van der Waals surface area contributed by atoms with Crippen molar-refractivity contribution in [2.75, 3.05) is 10.9 Å². The van der Waals surface area contributed by atoms with Gasteiger partial charge in [-0.1, -0.05) is 0 Å². The molecule has 198 valence electrons. The van der Waals surface area contributed by atoms with Crippen molar-refractivity contribution in [2.24, 2.45) is 57.5 Å². The average Bonchev–Trinajstić information content (AvgIpc) is 3.44. The van der Waals surface area contributed by atoms with Gasteiger partial charge in [-0.15, -0.1) is 0 Å². The number of non-ortho nitro benzene ring substituents is 2. The number of hydrazone groups is 2. The highest BCUT2D eigenvalue weighted by Gasteiger charge is 2.82. The molecule has 0 spiro atoms. The molecular weight excluding hydrogens is 516 g/mol. The zero-order valence-corrected chi connectivity index (χ0v) is 19.7. The number of hydrogen-bond acceptors (Lipinski definition) is 12. The number of hydrogen-bond donors (Lipinski definition) is 2. The quantitative estimate of drug-likeness (QED) is 0.366. The Morgan fingerprint density at radius 1 is 0.615 bits per heavy atom. The van der Waals surface area contributed by atoms with E-state index in [4.69, 9.17) is 0 Å². The number of nitrogens with one attached hydrogen (secondary N) is 2. The zero-order valence-electron chi connectivity index (χ0n) is 19.7. The van der Waals surface area contributed by atoms with Crippen LogP contribution in [0.15, 0.2) is 46.6 Å². The van der Waals surface area contributed by atoms with Crippen LogP contribution in [0.2, 0.25) is 0 Å². The van der Waals surface area contributed by atoms with Gasteiger partial charge in [-0.05, 0) is 42.2 Å². The summed E-state index contributed by atoms with van der Waals surface area (Å²) in [6, 6.07) is 6.72. The zero-order chi connectivity index (χ0) is 27.3. The van der Waals surface area contributed by atoms with Crippen LogP contribution >= 0.6 is 0 Å². The van der Waals surface area contributed by atoms with E-state index in [9.17, 15) is 40.5 Å². The molecule has 8 atom stereocenters. The van der Waals surface area contributed by atoms with Crippen molar-refractivity contribution >= 4 is 45.5 Å². The molecule has 5 saturated carbocycles. The SMILES string of the molecule is O=[N+]([O-])c1ccc(N/N=C2\[C@@H]3[C@H]4/C(=N/Nc5ccc([N+](=O)[O-])cc5[N+](=O)[O-])[C@@H]5[C@H]6C[C@@H]([C@H]25)[C@H]3[C@H]64)c([N+](=O)[O-])c1. The van der Waals surface area contributed by atoms with Crippen LogP contribution in [0.4, 0.5) is 34.1 Å². The van der Waals surface area contributed by atoms with E-state index in [-0.39, 0.29) is 46.4 Å². The van der Waals surface area contributed by atoms with Crippen molar-refractivity contribution in [1.29, 1.82) is 0 Å². The Morgan fingerprint density at radius 3 is 1.38 bits per heavy atom. The molecule has 2 N–H and O–H groups in total. The third-order valence-corrected chi connectivity index (χ3v) is 9.26. The van der Waals surface area contributed by atoms with Gasteiger partial charge in [0.15, 0.2) is 0 Å². The fourth-order valence-corrected chi connectivity index (χ4v) is 8.17. The van der Waals surface area contributed by atoms with Crippen molar-refractivity contribution in [2.45, 2.75) is 6.42 Å². The molecule has 39 heavy (non-hydrogen) atoms. The summed E-state index contributed by atoms with van der Waals surface area (Å²) in [5.41, 5.74) is 5.94. The first-order chi connectivity index (χ1) is 18.7. The van der Waals surface area contributed by atoms with Gasteiger partial charge in [-0.3, -0.25) is 51.3 Å². The molecule has 2 aromatic carbocycles. The predicted molar refractivity (Wildman–Crippen MR) is 134 cm³/mol. The Balaban J connectivity index is 1.18. The molecule has 0 aliphatic heterocycles. The summed E-state index contributed by atoms with van der Waals surface area (Å²) in [5, 5.41) is 54.3. The molecule has 16 nitrogen and oxygen atoms in total. The van der Waals surface area contributed by atoms with Gasteiger partial charge in [0.05, 0.1) is 31.8 Å². The van der Waals surface area contributed by atoms with Crippen molar-refractivity contribution in [1.82, 2.24) is 0 Å². The number of fused-ring (bicyclic) bond motifs is 2. The highest BCUT2D eigenvalue weighted by molar-refractivity contribution is 6.11. The fraction of sp³-hybridized carbons (Fsp3) is 0.391. The Labute approximate surface area is 217 Å². The van der Waals surface area contributed by atoms with Crippen LogP contribution in [0.3, 0.4) is 0 Å². The van der Waals surface area contributed by atoms with Crippen LogP contribution in [0.5, 0.6) is 0 Å². The van der Waals surface area contributed by atoms with E-state index in [1.807, 2.05) is 0 Å². The van der Waals surface area contributed by atoms with Crippen LogP contribution in [0.1, 0.15) is 6.42 Å². The number of rotatable bonds is 8. The lowest BCUT2D eigenvalue weighted by atomic mass is 9.59. The van der Waals surface area contributed by atoms with E-state index in [0.717, 1.165) is 30.0 Å². The maximum absolute atomic E-state index is 11.5. The Bertz CT molecular complexity index is 1470. The van der Waals surface area contributed by atoms with Gasteiger partial charge in [0.1, 0.15) is 11.4 Å². The standard InChI is InChI=1S/C23H18N8O8/c32-28(33)8-1-3-12(14(5-8)30(36)37)24-26-22-18-10-7-11-17-16(10)20(22)21(17)23(19(11)18)27-25-13-4-2-9(29(34)35)6-15(13)31(38)39/h1-6,10-11,16-21,24-25H,7H2/b26-22-,27-23+/t10-,11+,16+,17+,18+,19-,20+,21+/m1/s1. The summed E-state index contributed by atoms with van der Waals surface area (Å²) in [7, 11) is 0. The second kappa shape index (κ2) is 7.75. The molecule has 0 amide bonds. The van der Waals surface area contributed by atoms with Gasteiger partial charge in [0, 0.05) is 47.2 Å². The number of nitro groups is 4. The van der Waals surface area contributed by atoms with Gasteiger partial charge in [-0.2, -0.15) is 10.2 Å². The van der Waals surface area contributed by atoms with Gasteiger partial charge >= 0.3 is 11.4 Å². The second-order valence-electron chi connectivity index (χ2n) is 10.5. The van der Waals surface area contributed by atoms with E-state index in [1.165, 1.54) is 24.3 Å². The molecule has 2 bridgehead atoms. The molecule has 7 rings (SSSR count). The Kier molecular flexibility index (Phi) is 4.59. The normalized spacial score (nSPS) is 33.9. The number of anilines is 2. The highest BCUT2D eigenvalue weighted by atomic mass is 16.6. The van der Waals surface area contributed by atoms with E-state index in [2.05, 4.69) is 21.1 Å². The van der Waals surface area contributed by atoms with Crippen LogP contribution in [-0.2, 0) is 0 Å². The third-order valence-electron chi connectivity index (χ3n) is 9.26. The first kappa shape index (κ1) is 23.1. The molecule has 5 fully saturated rings. The Hall–Kier alpha value is -5.02. The number of nitrogens with zero attached hydrogens (tertiary/aromatic N) is 6. The van der Waals surface area contributed by atoms with Gasteiger partial charge in [-0.25, -0.2) is 0 Å². The Morgan fingerprint density at radius 2 is 1.03 bits per heavy atom. The minimum atomic E-state index is -0.696. The van der Waals surface area contributed by atoms with E-state index < -0.39 is 31.1 Å². The van der Waals surface area contributed by atoms with E-state index in [1.54, 1.807) is 0 Å². The van der Waals surface area contributed by atoms with Crippen LogP contribution in [0.25, 0.3) is 0 Å². The predicted octanol–water partition coefficient (Wildman–Crippen LogP) is 3.94. The first-order valence-corrected chi connectivity index (χ1v) is 12.2. The van der Waals surface area contributed by atoms with Crippen molar-refractivity contribution in [3.8, 4) is 0 Å². The maximum Gasteiger partial charge on any atom is 0.301 e. The molecule has 2 aromatic rings. The first-order valence-electron chi connectivity index (χ1n) is 12.2. The van der Waals surface area contributed by atoms with Crippen molar-refractivity contribution < 1.29 is 19.7 Å². The molecule has 5 aliphatic rings. The molecular formula is C23H18N8O8. The summed E-state index contributed by atoms with van der Waals surface area (Å²) in [6.45, 7) is 0. The minimum Gasteiger partial charge on any atom is -0.272 e. The third kappa shape index (κ3) is 2.98. The minimum absolute atomic E-state index is 0.0671. The van der Waals surface area contributed by atoms with E-state index >= 15 is 0 Å². The van der Waals surface area contributed by atoms with Crippen LogP contribution in [0, 0.1) is 87.8 Å². The summed E-state index contributed by atoms with van der Waals surface area (Å²) in [4.78, 5) is 42.3. The number of nitro benzene ring substituents is 4. The highest BCUT2D eigenvalue weighted by Crippen LogP contribution is 2.81. The molecule has 5 aliphatic carbocycles. The van der Waals surface area contributed by atoms with E-state index in [0.29, 0.717) is 23.7 Å². The summed E-state index contributed by atoms with van der Waals surface area (Å²) >= 11 is 0. The molecule has 0 radical (unpaired) electrons. The molecule has 0 heterocycles. The maximum atomic E-state index is 11.5. The average molecular weight is 534 g/mol. The van der Waals surface area contributed by atoms with Gasteiger partial charge in [0.25, 0.3) is 11.4 Å². The lowest BCUT2D eigenvalue weighted by Crippen LogP contribution is -2.48. The topological polar surface area (TPSA) is 221 Å².